The summed E-state index contributed by atoms with van der Waals surface area (Å²) < 4.78 is 1.39. The summed E-state index contributed by atoms with van der Waals surface area (Å²) in [5.41, 5.74) is 4.03. The number of hydrogen-bond acceptors (Lipinski definition) is 4. The molecule has 0 saturated carbocycles. The smallest absolute Gasteiger partial charge is 0.270 e. The minimum absolute atomic E-state index is 0.0206. The van der Waals surface area contributed by atoms with Gasteiger partial charge >= 0.3 is 0 Å². The van der Waals surface area contributed by atoms with Gasteiger partial charge in [0.05, 0.1) is 0 Å². The maximum atomic E-state index is 12.5. The lowest BCUT2D eigenvalue weighted by atomic mass is 10.1. The van der Waals surface area contributed by atoms with Crippen molar-refractivity contribution in [2.24, 2.45) is 0 Å². The van der Waals surface area contributed by atoms with Crippen molar-refractivity contribution in [3.63, 3.8) is 0 Å². The first-order valence-electron chi connectivity index (χ1n) is 7.32. The van der Waals surface area contributed by atoms with Crippen LogP contribution in [-0.2, 0) is 0 Å². The van der Waals surface area contributed by atoms with E-state index in [-0.39, 0.29) is 16.9 Å². The average molecular weight is 307 g/mol. The highest BCUT2D eigenvalue weighted by atomic mass is 16.1. The number of nitrogens with one attached hydrogen (secondary N) is 1. The number of nitrogens with zero attached hydrogens (tertiary/aromatic N) is 2. The minimum Gasteiger partial charge on any atom is -0.339 e. The topological polar surface area (TPSA) is 63.5 Å². The molecule has 0 aliphatic heterocycles. The predicted molar refractivity (Wildman–Crippen MR) is 90.8 cm³/mol. The van der Waals surface area contributed by atoms with E-state index in [0.717, 1.165) is 22.4 Å². The zero-order valence-electron chi connectivity index (χ0n) is 13.3. The summed E-state index contributed by atoms with van der Waals surface area (Å²) in [5, 5.41) is 3.11. The van der Waals surface area contributed by atoms with Crippen molar-refractivity contribution < 1.29 is 4.79 Å². The van der Waals surface area contributed by atoms with Gasteiger partial charge in [0.25, 0.3) is 5.56 Å². The Bertz CT molecular complexity index is 954. The molecule has 5 heteroatoms. The van der Waals surface area contributed by atoms with Crippen molar-refractivity contribution in [2.75, 3.05) is 5.32 Å². The highest BCUT2D eigenvalue weighted by Crippen LogP contribution is 2.20. The fourth-order valence-electron chi connectivity index (χ4n) is 2.70. The Balaban J connectivity index is 2.22. The second kappa shape index (κ2) is 5.68. The largest absolute Gasteiger partial charge is 0.339 e. The molecule has 0 bridgehead atoms. The molecule has 0 radical (unpaired) electrons. The van der Waals surface area contributed by atoms with E-state index in [1.165, 1.54) is 4.40 Å². The molecule has 0 amide bonds. The number of rotatable bonds is 3. The van der Waals surface area contributed by atoms with Crippen molar-refractivity contribution in [1.82, 2.24) is 9.38 Å². The van der Waals surface area contributed by atoms with E-state index < -0.39 is 0 Å². The highest BCUT2D eigenvalue weighted by molar-refractivity contribution is 5.84. The Morgan fingerprint density at radius 2 is 1.83 bits per heavy atom. The molecule has 3 aromatic rings. The number of pyridine rings is 1. The molecule has 0 spiro atoms. The molecule has 0 fully saturated rings. The van der Waals surface area contributed by atoms with Gasteiger partial charge in [-0.25, -0.2) is 4.98 Å². The Hall–Kier alpha value is -2.95. The third kappa shape index (κ3) is 2.73. The Morgan fingerprint density at radius 1 is 1.13 bits per heavy atom. The first-order valence-corrected chi connectivity index (χ1v) is 7.32. The van der Waals surface area contributed by atoms with E-state index in [1.807, 2.05) is 39.0 Å². The third-order valence-electron chi connectivity index (χ3n) is 3.69. The van der Waals surface area contributed by atoms with Gasteiger partial charge in [0.1, 0.15) is 17.0 Å². The van der Waals surface area contributed by atoms with Crippen LogP contribution in [0.25, 0.3) is 5.65 Å². The lowest BCUT2D eigenvalue weighted by molar-refractivity contribution is 0.112. The number of carbonyl (C=O) groups is 1. The molecule has 23 heavy (non-hydrogen) atoms. The van der Waals surface area contributed by atoms with Gasteiger partial charge in [-0.1, -0.05) is 12.1 Å². The molecule has 0 aliphatic carbocycles. The van der Waals surface area contributed by atoms with Crippen molar-refractivity contribution in [1.29, 1.82) is 0 Å². The van der Waals surface area contributed by atoms with Gasteiger partial charge in [-0.05, 0) is 55.7 Å². The van der Waals surface area contributed by atoms with Gasteiger partial charge in [0, 0.05) is 11.9 Å². The molecule has 116 valence electrons. The average Bonchev–Trinajstić information content (AvgIpc) is 2.48. The molecule has 2 aromatic heterocycles. The van der Waals surface area contributed by atoms with E-state index in [4.69, 9.17) is 0 Å². The summed E-state index contributed by atoms with van der Waals surface area (Å²) in [5.74, 6) is 0.282. The molecule has 2 heterocycles. The van der Waals surface area contributed by atoms with Crippen molar-refractivity contribution in [3.8, 4) is 0 Å². The Labute approximate surface area is 133 Å². The minimum atomic E-state index is -0.374. The van der Waals surface area contributed by atoms with Gasteiger partial charge in [-0.3, -0.25) is 14.0 Å². The van der Waals surface area contributed by atoms with Gasteiger partial charge < -0.3 is 5.32 Å². The molecule has 0 aliphatic rings. The van der Waals surface area contributed by atoms with Crippen LogP contribution in [0.3, 0.4) is 0 Å². The Kier molecular flexibility index (Phi) is 3.70. The summed E-state index contributed by atoms with van der Waals surface area (Å²) in [4.78, 5) is 28.4. The van der Waals surface area contributed by atoms with Gasteiger partial charge in [-0.2, -0.15) is 0 Å². The van der Waals surface area contributed by atoms with E-state index >= 15 is 0 Å². The van der Waals surface area contributed by atoms with E-state index in [2.05, 4.69) is 16.4 Å². The zero-order chi connectivity index (χ0) is 16.6. The van der Waals surface area contributed by atoms with Crippen LogP contribution < -0.4 is 10.9 Å². The molecule has 0 atom stereocenters. The Morgan fingerprint density at radius 3 is 2.48 bits per heavy atom. The molecule has 0 unspecified atom stereocenters. The van der Waals surface area contributed by atoms with Crippen LogP contribution in [0.15, 0.2) is 41.3 Å². The lowest BCUT2D eigenvalue weighted by Crippen LogP contribution is -2.22. The van der Waals surface area contributed by atoms with Crippen LogP contribution in [0.4, 0.5) is 11.5 Å². The number of fused-ring (bicyclic) bond motifs is 1. The number of benzene rings is 1. The number of carbonyl (C=O) groups excluding carboxylic acids is 1. The van der Waals surface area contributed by atoms with Crippen molar-refractivity contribution in [2.45, 2.75) is 20.8 Å². The number of hydrogen-bond donors (Lipinski definition) is 1. The number of aromatic nitrogens is 2. The van der Waals surface area contributed by atoms with Crippen LogP contribution in [0.2, 0.25) is 0 Å². The summed E-state index contributed by atoms with van der Waals surface area (Å²) in [6, 6.07) is 9.59. The number of aldehydes is 1. The van der Waals surface area contributed by atoms with Crippen molar-refractivity contribution >= 4 is 23.4 Å². The second-order valence-electron chi connectivity index (χ2n) is 5.68. The standard InChI is InChI=1S/C18H17N3O2/c1-11-7-12(2)9-14(8-11)19-16-15(10-22)18(23)21-6-4-5-13(3)17(21)20-16/h4-10,19H,1-3H3. The third-order valence-corrected chi connectivity index (χ3v) is 3.69. The van der Waals surface area contributed by atoms with Crippen LogP contribution in [0, 0.1) is 20.8 Å². The van der Waals surface area contributed by atoms with Gasteiger partial charge in [0.15, 0.2) is 6.29 Å². The van der Waals surface area contributed by atoms with Gasteiger partial charge in [-0.15, -0.1) is 0 Å². The molecular weight excluding hydrogens is 290 g/mol. The van der Waals surface area contributed by atoms with Crippen LogP contribution >= 0.6 is 0 Å². The zero-order valence-corrected chi connectivity index (χ0v) is 13.3. The number of aryl methyl sites for hydroxylation is 3. The first-order chi connectivity index (χ1) is 11.0. The summed E-state index contributed by atoms with van der Waals surface area (Å²) in [6.45, 7) is 5.86. The summed E-state index contributed by atoms with van der Waals surface area (Å²) in [7, 11) is 0. The van der Waals surface area contributed by atoms with E-state index in [0.29, 0.717) is 11.9 Å². The molecule has 1 N–H and O–H groups in total. The van der Waals surface area contributed by atoms with Crippen LogP contribution in [-0.4, -0.2) is 15.7 Å². The van der Waals surface area contributed by atoms with Gasteiger partial charge in [0.2, 0.25) is 0 Å². The fraction of sp³-hybridized carbons (Fsp3) is 0.167. The SMILES string of the molecule is Cc1cc(C)cc(Nc2nc3c(C)cccn3c(=O)c2C=O)c1. The molecule has 1 aromatic carbocycles. The number of anilines is 2. The normalized spacial score (nSPS) is 10.7. The second-order valence-corrected chi connectivity index (χ2v) is 5.68. The molecule has 0 saturated heterocycles. The first kappa shape index (κ1) is 15.0. The van der Waals surface area contributed by atoms with Crippen LogP contribution in [0.5, 0.6) is 0 Å². The highest BCUT2D eigenvalue weighted by Gasteiger charge is 2.13. The maximum absolute atomic E-state index is 12.5. The molecular formula is C18H17N3O2. The van der Waals surface area contributed by atoms with E-state index in [1.54, 1.807) is 12.3 Å². The molecule has 5 nitrogen and oxygen atoms in total. The summed E-state index contributed by atoms with van der Waals surface area (Å²) in [6.07, 6.45) is 2.17. The van der Waals surface area contributed by atoms with Crippen LogP contribution in [0.1, 0.15) is 27.0 Å². The molecule has 3 rings (SSSR count). The monoisotopic (exact) mass is 307 g/mol. The predicted octanol–water partition coefficient (Wildman–Crippen LogP) is 3.18. The lowest BCUT2D eigenvalue weighted by Gasteiger charge is -2.12. The maximum Gasteiger partial charge on any atom is 0.270 e. The van der Waals surface area contributed by atoms with E-state index in [9.17, 15) is 9.59 Å². The fourth-order valence-corrected chi connectivity index (χ4v) is 2.70. The quantitative estimate of drug-likeness (QED) is 0.755. The summed E-state index contributed by atoms with van der Waals surface area (Å²) >= 11 is 0. The van der Waals surface area contributed by atoms with Crippen molar-refractivity contribution in [3.05, 3.63) is 69.1 Å².